The van der Waals surface area contributed by atoms with Crippen molar-refractivity contribution in [1.82, 2.24) is 0 Å². The lowest BCUT2D eigenvalue weighted by Crippen LogP contribution is -1.99. The first-order chi connectivity index (χ1) is 10.3. The topological polar surface area (TPSA) is 0 Å². The fourth-order valence-electron chi connectivity index (χ4n) is 3.21. The molecule has 0 aromatic carbocycles. The van der Waals surface area contributed by atoms with E-state index in [1.54, 1.807) is 0 Å². The second-order valence-electron chi connectivity index (χ2n) is 6.97. The molecule has 0 bridgehead atoms. The largest absolute Gasteiger partial charge is 0.0654 e. The van der Waals surface area contributed by atoms with E-state index >= 15 is 0 Å². The van der Waals surface area contributed by atoms with Gasteiger partial charge in [0.15, 0.2) is 0 Å². The maximum Gasteiger partial charge on any atom is -0.0414 e. The minimum absolute atomic E-state index is 0.913. The Hall–Kier alpha value is 0. The minimum atomic E-state index is 0.913. The Balaban J connectivity index is 3.23. The summed E-state index contributed by atoms with van der Waals surface area (Å²) in [6, 6.07) is 0. The molecule has 0 aliphatic heterocycles. The van der Waals surface area contributed by atoms with Gasteiger partial charge in [-0.1, -0.05) is 130 Å². The molecule has 0 heteroatoms. The second-order valence-corrected chi connectivity index (χ2v) is 6.97. The molecule has 0 rings (SSSR count). The summed E-state index contributed by atoms with van der Waals surface area (Å²) in [5.41, 5.74) is 0. The average Bonchev–Trinajstić information content (AvgIpc) is 2.51. The molecule has 0 amide bonds. The SMILES string of the molecule is [CH2]CC(CCCCCC)CCCCCCCCCCCC. The molecule has 0 saturated carbocycles. The molecule has 1 unspecified atom stereocenters. The molecule has 0 heterocycles. The molecule has 0 aromatic rings. The third-order valence-electron chi connectivity index (χ3n) is 4.84. The summed E-state index contributed by atoms with van der Waals surface area (Å²) < 4.78 is 0. The standard InChI is InChI=1S/C21H43/c1-4-7-9-11-12-13-14-15-16-18-20-21(6-3)19-17-10-8-5-2/h21H,3-20H2,1-2H3. The van der Waals surface area contributed by atoms with Crippen molar-refractivity contribution in [2.24, 2.45) is 5.92 Å². The Morgan fingerprint density at radius 2 is 0.857 bits per heavy atom. The Labute approximate surface area is 136 Å². The highest BCUT2D eigenvalue weighted by Gasteiger charge is 2.05. The molecule has 0 aliphatic rings. The quantitative estimate of drug-likeness (QED) is 0.238. The summed E-state index contributed by atoms with van der Waals surface area (Å²) >= 11 is 0. The predicted octanol–water partition coefficient (Wildman–Crippen LogP) is 8.11. The first kappa shape index (κ1) is 21.0. The van der Waals surface area contributed by atoms with Gasteiger partial charge in [-0.15, -0.1) is 0 Å². The fourth-order valence-corrected chi connectivity index (χ4v) is 3.21. The first-order valence-corrected chi connectivity index (χ1v) is 10.1. The van der Waals surface area contributed by atoms with E-state index in [-0.39, 0.29) is 0 Å². The van der Waals surface area contributed by atoms with Crippen molar-refractivity contribution in [3.8, 4) is 0 Å². The monoisotopic (exact) mass is 295 g/mol. The zero-order valence-electron chi connectivity index (χ0n) is 15.3. The molecule has 1 radical (unpaired) electrons. The normalized spacial score (nSPS) is 12.7. The molecule has 0 aromatic heterocycles. The molecule has 1 atom stereocenters. The summed E-state index contributed by atoms with van der Waals surface area (Å²) in [7, 11) is 0. The van der Waals surface area contributed by atoms with Crippen molar-refractivity contribution >= 4 is 0 Å². The summed E-state index contributed by atoms with van der Waals surface area (Å²) in [5.74, 6) is 0.913. The van der Waals surface area contributed by atoms with E-state index < -0.39 is 0 Å². The number of hydrogen-bond acceptors (Lipinski definition) is 0. The molecule has 0 nitrogen and oxygen atoms in total. The van der Waals surface area contributed by atoms with Gasteiger partial charge in [-0.2, -0.15) is 0 Å². The maximum atomic E-state index is 4.15. The van der Waals surface area contributed by atoms with Crippen LogP contribution in [-0.4, -0.2) is 0 Å². The molecule has 0 aliphatic carbocycles. The summed E-state index contributed by atoms with van der Waals surface area (Å²) in [6.07, 6.45) is 24.2. The number of rotatable bonds is 17. The molecule has 0 spiro atoms. The van der Waals surface area contributed by atoms with Crippen LogP contribution in [0.2, 0.25) is 0 Å². The van der Waals surface area contributed by atoms with Crippen molar-refractivity contribution in [2.45, 2.75) is 123 Å². The van der Waals surface area contributed by atoms with E-state index in [0.717, 1.165) is 12.3 Å². The number of unbranched alkanes of at least 4 members (excludes halogenated alkanes) is 12. The van der Waals surface area contributed by atoms with Gasteiger partial charge in [-0.3, -0.25) is 0 Å². The minimum Gasteiger partial charge on any atom is -0.0654 e. The smallest absolute Gasteiger partial charge is 0.0414 e. The van der Waals surface area contributed by atoms with Crippen LogP contribution in [0.25, 0.3) is 0 Å². The summed E-state index contributed by atoms with van der Waals surface area (Å²) in [6.45, 7) is 8.74. The van der Waals surface area contributed by atoms with Crippen LogP contribution >= 0.6 is 0 Å². The van der Waals surface area contributed by atoms with Crippen molar-refractivity contribution in [3.05, 3.63) is 6.92 Å². The lowest BCUT2D eigenvalue weighted by atomic mass is 9.92. The Bertz CT molecular complexity index is 173. The van der Waals surface area contributed by atoms with Crippen LogP contribution in [0.1, 0.15) is 123 Å². The Kier molecular flexibility index (Phi) is 18.1. The van der Waals surface area contributed by atoms with Crippen molar-refractivity contribution in [2.75, 3.05) is 0 Å². The van der Waals surface area contributed by atoms with Gasteiger partial charge in [-0.05, 0) is 5.92 Å². The van der Waals surface area contributed by atoms with Gasteiger partial charge in [-0.25, -0.2) is 0 Å². The molecule has 0 N–H and O–H groups in total. The van der Waals surface area contributed by atoms with E-state index in [1.165, 1.54) is 103 Å². The lowest BCUT2D eigenvalue weighted by Gasteiger charge is -2.14. The third-order valence-corrected chi connectivity index (χ3v) is 4.84. The van der Waals surface area contributed by atoms with Gasteiger partial charge in [0.05, 0.1) is 0 Å². The van der Waals surface area contributed by atoms with Crippen molar-refractivity contribution < 1.29 is 0 Å². The fraction of sp³-hybridized carbons (Fsp3) is 0.952. The van der Waals surface area contributed by atoms with E-state index in [2.05, 4.69) is 20.8 Å². The van der Waals surface area contributed by atoms with Crippen LogP contribution in [0.3, 0.4) is 0 Å². The highest BCUT2D eigenvalue weighted by atomic mass is 14.1. The van der Waals surface area contributed by atoms with E-state index in [1.807, 2.05) is 0 Å². The second kappa shape index (κ2) is 18.1. The van der Waals surface area contributed by atoms with Crippen molar-refractivity contribution in [3.63, 3.8) is 0 Å². The van der Waals surface area contributed by atoms with Gasteiger partial charge in [0, 0.05) is 0 Å². The van der Waals surface area contributed by atoms with Crippen molar-refractivity contribution in [1.29, 1.82) is 0 Å². The van der Waals surface area contributed by atoms with Crippen LogP contribution in [0, 0.1) is 12.8 Å². The average molecular weight is 296 g/mol. The highest BCUT2D eigenvalue weighted by molar-refractivity contribution is 4.62. The Morgan fingerprint density at radius 1 is 0.524 bits per heavy atom. The van der Waals surface area contributed by atoms with Crippen LogP contribution in [0.4, 0.5) is 0 Å². The van der Waals surface area contributed by atoms with Crippen LogP contribution in [-0.2, 0) is 0 Å². The summed E-state index contributed by atoms with van der Waals surface area (Å²) in [5, 5.41) is 0. The molecule has 0 fully saturated rings. The lowest BCUT2D eigenvalue weighted by molar-refractivity contribution is 0.406. The Morgan fingerprint density at radius 3 is 1.24 bits per heavy atom. The third kappa shape index (κ3) is 16.2. The van der Waals surface area contributed by atoms with Crippen LogP contribution in [0.5, 0.6) is 0 Å². The van der Waals surface area contributed by atoms with Gasteiger partial charge < -0.3 is 0 Å². The summed E-state index contributed by atoms with van der Waals surface area (Å²) in [4.78, 5) is 0. The van der Waals surface area contributed by atoms with Gasteiger partial charge in [0.1, 0.15) is 0 Å². The van der Waals surface area contributed by atoms with E-state index in [0.29, 0.717) is 0 Å². The molecular formula is C21H43. The van der Waals surface area contributed by atoms with E-state index in [9.17, 15) is 0 Å². The maximum absolute atomic E-state index is 4.15. The predicted molar refractivity (Wildman–Crippen MR) is 98.7 cm³/mol. The van der Waals surface area contributed by atoms with Gasteiger partial charge in [0.2, 0.25) is 0 Å². The highest BCUT2D eigenvalue weighted by Crippen LogP contribution is 2.21. The molecule has 21 heavy (non-hydrogen) atoms. The zero-order chi connectivity index (χ0) is 15.6. The van der Waals surface area contributed by atoms with Crippen LogP contribution in [0.15, 0.2) is 0 Å². The number of hydrogen-bond donors (Lipinski definition) is 0. The first-order valence-electron chi connectivity index (χ1n) is 10.1. The molecular weight excluding hydrogens is 252 g/mol. The van der Waals surface area contributed by atoms with Gasteiger partial charge >= 0.3 is 0 Å². The zero-order valence-corrected chi connectivity index (χ0v) is 15.3. The van der Waals surface area contributed by atoms with E-state index in [4.69, 9.17) is 0 Å². The molecule has 127 valence electrons. The molecule has 0 saturated heterocycles. The van der Waals surface area contributed by atoms with Gasteiger partial charge in [0.25, 0.3) is 0 Å². The van der Waals surface area contributed by atoms with Crippen LogP contribution < -0.4 is 0 Å².